The fourth-order valence-corrected chi connectivity index (χ4v) is 7.64. The van der Waals surface area contributed by atoms with Gasteiger partial charge < -0.3 is 5.11 Å². The smallest absolute Gasteiger partial charge is 0.161 e. The number of carbonyl (C=O) groups excluding carboxylic acids is 2. The maximum atomic E-state index is 12.2. The third-order valence-electron chi connectivity index (χ3n) is 9.22. The number of carbonyl (C=O) groups is 2. The van der Waals surface area contributed by atoms with E-state index >= 15 is 0 Å². The minimum Gasteiger partial charge on any atom is -0.382 e. The van der Waals surface area contributed by atoms with E-state index in [4.69, 9.17) is 0 Å². The molecule has 7 atom stereocenters. The van der Waals surface area contributed by atoms with Gasteiger partial charge in [0.15, 0.2) is 5.78 Å². The minimum absolute atomic E-state index is 0.0332. The lowest BCUT2D eigenvalue weighted by molar-refractivity contribution is -0.169. The quantitative estimate of drug-likeness (QED) is 0.792. The van der Waals surface area contributed by atoms with E-state index in [1.54, 1.807) is 6.92 Å². The Kier molecular flexibility index (Phi) is 3.60. The molecule has 0 bridgehead atoms. The molecule has 134 valence electrons. The highest BCUT2D eigenvalue weighted by molar-refractivity contribution is 5.86. The first-order valence-corrected chi connectivity index (χ1v) is 9.97. The largest absolute Gasteiger partial charge is 0.382 e. The highest BCUT2D eigenvalue weighted by Crippen LogP contribution is 2.68. The number of ketones is 2. The van der Waals surface area contributed by atoms with Crippen LogP contribution in [0.25, 0.3) is 0 Å². The molecule has 4 saturated carbocycles. The summed E-state index contributed by atoms with van der Waals surface area (Å²) in [5, 5.41) is 11.2. The van der Waals surface area contributed by atoms with Crippen LogP contribution in [-0.4, -0.2) is 22.3 Å². The molecule has 0 radical (unpaired) electrons. The molecule has 0 spiro atoms. The number of rotatable bonds is 1. The van der Waals surface area contributed by atoms with Crippen molar-refractivity contribution in [2.45, 2.75) is 84.2 Å². The molecule has 0 aromatic rings. The summed E-state index contributed by atoms with van der Waals surface area (Å²) in [6.07, 6.45) is 8.67. The molecule has 0 aliphatic heterocycles. The molecule has 24 heavy (non-hydrogen) atoms. The van der Waals surface area contributed by atoms with Gasteiger partial charge in [0.1, 0.15) is 11.4 Å². The van der Waals surface area contributed by atoms with Crippen molar-refractivity contribution in [3.63, 3.8) is 0 Å². The number of aliphatic hydroxyl groups is 1. The van der Waals surface area contributed by atoms with Gasteiger partial charge in [-0.2, -0.15) is 0 Å². The molecule has 4 aliphatic carbocycles. The van der Waals surface area contributed by atoms with E-state index in [0.717, 1.165) is 44.9 Å². The Morgan fingerprint density at radius 2 is 1.75 bits per heavy atom. The van der Waals surface area contributed by atoms with Gasteiger partial charge in [0.2, 0.25) is 0 Å². The number of Topliss-reactive ketones (excluding diaryl/α,β-unsaturated/α-hetero) is 2. The summed E-state index contributed by atoms with van der Waals surface area (Å²) in [7, 11) is 0. The fraction of sp³-hybridized carbons (Fsp3) is 0.905. The Balaban J connectivity index is 1.66. The zero-order valence-electron chi connectivity index (χ0n) is 15.4. The lowest BCUT2D eigenvalue weighted by Crippen LogP contribution is -2.58. The summed E-state index contributed by atoms with van der Waals surface area (Å²) in [4.78, 5) is 24.2. The van der Waals surface area contributed by atoms with Crippen molar-refractivity contribution in [1.82, 2.24) is 0 Å². The molecule has 4 rings (SSSR count). The maximum Gasteiger partial charge on any atom is 0.161 e. The Morgan fingerprint density at radius 1 is 1.04 bits per heavy atom. The summed E-state index contributed by atoms with van der Waals surface area (Å²) in [5.74, 6) is 2.78. The van der Waals surface area contributed by atoms with Crippen molar-refractivity contribution in [3.05, 3.63) is 0 Å². The van der Waals surface area contributed by atoms with Crippen LogP contribution < -0.4 is 0 Å². The van der Waals surface area contributed by atoms with E-state index in [0.29, 0.717) is 41.3 Å². The molecule has 3 heteroatoms. The topological polar surface area (TPSA) is 54.4 Å². The average Bonchev–Trinajstić information content (AvgIpc) is 2.81. The molecular formula is C21H32O3. The summed E-state index contributed by atoms with van der Waals surface area (Å²) in [6.45, 7) is 6.20. The normalized spacial score (nSPS) is 53.9. The van der Waals surface area contributed by atoms with Crippen molar-refractivity contribution < 1.29 is 14.7 Å². The Morgan fingerprint density at radius 3 is 2.46 bits per heavy atom. The summed E-state index contributed by atoms with van der Waals surface area (Å²) < 4.78 is 0. The molecule has 0 aromatic heterocycles. The number of fused-ring (bicyclic) bond motifs is 5. The SMILES string of the molecule is CC(=O)[C@]1(O)CC[C@H]2[C@@H]3CC[C@@H]4CC(=O)CC[C@]4(C)[C@H]3CC[C@@]21C. The van der Waals surface area contributed by atoms with Crippen LogP contribution in [0.15, 0.2) is 0 Å². The van der Waals surface area contributed by atoms with Gasteiger partial charge in [-0.15, -0.1) is 0 Å². The molecule has 1 N–H and O–H groups in total. The predicted molar refractivity (Wildman–Crippen MR) is 92.4 cm³/mol. The first kappa shape index (κ1) is 16.8. The zero-order valence-corrected chi connectivity index (χ0v) is 15.4. The molecule has 0 unspecified atom stereocenters. The van der Waals surface area contributed by atoms with Crippen LogP contribution in [0.5, 0.6) is 0 Å². The Labute approximate surface area is 145 Å². The first-order chi connectivity index (χ1) is 11.2. The van der Waals surface area contributed by atoms with Gasteiger partial charge >= 0.3 is 0 Å². The summed E-state index contributed by atoms with van der Waals surface area (Å²) in [6, 6.07) is 0. The first-order valence-electron chi connectivity index (χ1n) is 9.97. The van der Waals surface area contributed by atoms with Gasteiger partial charge in [-0.1, -0.05) is 13.8 Å². The minimum atomic E-state index is -1.11. The summed E-state index contributed by atoms with van der Waals surface area (Å²) >= 11 is 0. The van der Waals surface area contributed by atoms with E-state index in [9.17, 15) is 14.7 Å². The van der Waals surface area contributed by atoms with Gasteiger partial charge in [0.25, 0.3) is 0 Å². The average molecular weight is 332 g/mol. The van der Waals surface area contributed by atoms with Crippen LogP contribution >= 0.6 is 0 Å². The van der Waals surface area contributed by atoms with Crippen molar-refractivity contribution in [1.29, 1.82) is 0 Å². The van der Waals surface area contributed by atoms with Gasteiger partial charge in [-0.3, -0.25) is 9.59 Å². The number of hydrogen-bond acceptors (Lipinski definition) is 3. The van der Waals surface area contributed by atoms with Gasteiger partial charge in [0, 0.05) is 18.3 Å². The fourth-order valence-electron chi connectivity index (χ4n) is 7.64. The van der Waals surface area contributed by atoms with Crippen molar-refractivity contribution >= 4 is 11.6 Å². The highest BCUT2D eigenvalue weighted by atomic mass is 16.3. The van der Waals surface area contributed by atoms with Crippen LogP contribution in [0.3, 0.4) is 0 Å². The lowest BCUT2D eigenvalue weighted by atomic mass is 9.44. The molecule has 0 saturated heterocycles. The number of hydrogen-bond donors (Lipinski definition) is 1. The second kappa shape index (κ2) is 5.16. The van der Waals surface area contributed by atoms with E-state index in [2.05, 4.69) is 13.8 Å². The van der Waals surface area contributed by atoms with Crippen molar-refractivity contribution in [2.24, 2.45) is 34.5 Å². The van der Waals surface area contributed by atoms with Crippen LogP contribution in [0.2, 0.25) is 0 Å². The van der Waals surface area contributed by atoms with Crippen LogP contribution in [0.4, 0.5) is 0 Å². The summed E-state index contributed by atoms with van der Waals surface area (Å²) in [5.41, 5.74) is -1.05. The van der Waals surface area contributed by atoms with Crippen molar-refractivity contribution in [2.75, 3.05) is 0 Å². The zero-order chi connectivity index (χ0) is 17.3. The van der Waals surface area contributed by atoms with Crippen molar-refractivity contribution in [3.8, 4) is 0 Å². The molecule has 0 aromatic carbocycles. The van der Waals surface area contributed by atoms with E-state index in [1.165, 1.54) is 6.42 Å². The third-order valence-corrected chi connectivity index (χ3v) is 9.22. The van der Waals surface area contributed by atoms with E-state index in [1.807, 2.05) is 0 Å². The monoisotopic (exact) mass is 332 g/mol. The van der Waals surface area contributed by atoms with E-state index < -0.39 is 5.60 Å². The van der Waals surface area contributed by atoms with Crippen LogP contribution in [-0.2, 0) is 9.59 Å². The van der Waals surface area contributed by atoms with Crippen LogP contribution in [0, 0.1) is 34.5 Å². The van der Waals surface area contributed by atoms with Gasteiger partial charge in [-0.25, -0.2) is 0 Å². The Bertz CT molecular complexity index is 584. The van der Waals surface area contributed by atoms with Gasteiger partial charge in [-0.05, 0) is 81.0 Å². The van der Waals surface area contributed by atoms with Crippen LogP contribution in [0.1, 0.15) is 78.6 Å². The van der Waals surface area contributed by atoms with Gasteiger partial charge in [0.05, 0.1) is 0 Å². The highest BCUT2D eigenvalue weighted by Gasteiger charge is 2.65. The molecule has 4 aliphatic rings. The van der Waals surface area contributed by atoms with E-state index in [-0.39, 0.29) is 11.2 Å². The maximum absolute atomic E-state index is 12.2. The molecule has 3 nitrogen and oxygen atoms in total. The third kappa shape index (κ3) is 1.94. The lowest BCUT2D eigenvalue weighted by Gasteiger charge is -2.60. The Hall–Kier alpha value is -0.700. The molecule has 4 fully saturated rings. The predicted octanol–water partition coefficient (Wildman–Crippen LogP) is 3.92. The molecule has 0 amide bonds. The molecule has 0 heterocycles. The standard InChI is InChI=1S/C21H32O3/c1-13(22)21(24)11-8-18-16-5-4-14-12-15(23)6-9-19(14,2)17(16)7-10-20(18,21)3/h14,16-18,24H,4-12H2,1-3H3/t14-,16-,17+,18+,19+,20+,21-/m1/s1. The molecular weight excluding hydrogens is 300 g/mol. The second-order valence-electron chi connectivity index (χ2n) is 9.81. The second-order valence-corrected chi connectivity index (χ2v) is 9.81.